The largest absolute Gasteiger partial charge is 0.480 e. The Hall–Kier alpha value is -2.69. The summed E-state index contributed by atoms with van der Waals surface area (Å²) in [5.74, 6) is -0.661. The highest BCUT2D eigenvalue weighted by atomic mass is 16.4. The Kier molecular flexibility index (Phi) is 3.87. The van der Waals surface area contributed by atoms with Crippen molar-refractivity contribution in [1.82, 2.24) is 10.3 Å². The molecule has 0 unspecified atom stereocenters. The number of nitrogens with zero attached hydrogens (tertiary/aromatic N) is 1. The van der Waals surface area contributed by atoms with Crippen molar-refractivity contribution in [3.05, 3.63) is 48.3 Å². The molecule has 3 rings (SSSR count). The third kappa shape index (κ3) is 3.14. The van der Waals surface area contributed by atoms with Gasteiger partial charge in [-0.05, 0) is 25.0 Å². The minimum atomic E-state index is -0.931. The van der Waals surface area contributed by atoms with Crippen molar-refractivity contribution in [2.24, 2.45) is 5.92 Å². The lowest BCUT2D eigenvalue weighted by molar-refractivity contribution is -0.135. The Morgan fingerprint density at radius 1 is 1.32 bits per heavy atom. The Balaban J connectivity index is 1.95. The van der Waals surface area contributed by atoms with E-state index in [-0.39, 0.29) is 12.5 Å². The number of carboxylic acids is 1. The van der Waals surface area contributed by atoms with E-state index in [1.165, 1.54) is 0 Å². The lowest BCUT2D eigenvalue weighted by Crippen LogP contribution is -2.19. The van der Waals surface area contributed by atoms with Gasteiger partial charge in [0.2, 0.25) is 0 Å². The Labute approximate surface area is 128 Å². The van der Waals surface area contributed by atoms with Gasteiger partial charge < -0.3 is 15.8 Å². The van der Waals surface area contributed by atoms with Crippen molar-refractivity contribution in [1.29, 1.82) is 5.41 Å². The van der Waals surface area contributed by atoms with Crippen LogP contribution in [0.15, 0.2) is 42.6 Å². The van der Waals surface area contributed by atoms with Crippen LogP contribution in [0.4, 0.5) is 0 Å². The van der Waals surface area contributed by atoms with Gasteiger partial charge in [-0.3, -0.25) is 4.79 Å². The first-order chi connectivity index (χ1) is 10.6. The number of para-hydroxylation sites is 1. The second-order valence-corrected chi connectivity index (χ2v) is 5.41. The molecule has 5 nitrogen and oxygen atoms in total. The van der Waals surface area contributed by atoms with Crippen LogP contribution in [0, 0.1) is 11.3 Å². The summed E-state index contributed by atoms with van der Waals surface area (Å²) in [5.41, 5.74) is 2.77. The van der Waals surface area contributed by atoms with Crippen LogP contribution in [0.25, 0.3) is 16.5 Å². The predicted octanol–water partition coefficient (Wildman–Crippen LogP) is 2.68. The van der Waals surface area contributed by atoms with Crippen LogP contribution in [-0.4, -0.2) is 28.3 Å². The van der Waals surface area contributed by atoms with Crippen molar-refractivity contribution < 1.29 is 9.90 Å². The number of hydrogen-bond acceptors (Lipinski definition) is 4. The summed E-state index contributed by atoms with van der Waals surface area (Å²) in [6.07, 6.45) is 3.64. The molecule has 1 aromatic carbocycles. The molecular weight excluding hydrogens is 278 g/mol. The fraction of sp³-hybridized carbons (Fsp3) is 0.235. The SMILES string of the molecule is N=C(/C(=C\NCC(=O)O)c1ccc2ccccc2n1)C1CC1. The first-order valence-electron chi connectivity index (χ1n) is 7.25. The number of pyridine rings is 1. The second-order valence-electron chi connectivity index (χ2n) is 5.41. The van der Waals surface area contributed by atoms with Gasteiger partial charge in [-0.15, -0.1) is 0 Å². The Morgan fingerprint density at radius 3 is 2.82 bits per heavy atom. The van der Waals surface area contributed by atoms with E-state index in [0.29, 0.717) is 17.0 Å². The quantitative estimate of drug-likeness (QED) is 0.715. The molecule has 112 valence electrons. The zero-order valence-corrected chi connectivity index (χ0v) is 12.0. The Morgan fingerprint density at radius 2 is 2.09 bits per heavy atom. The maximum absolute atomic E-state index is 10.6. The number of carbonyl (C=O) groups is 1. The highest BCUT2D eigenvalue weighted by Gasteiger charge is 2.29. The molecule has 1 heterocycles. The van der Waals surface area contributed by atoms with E-state index in [1.54, 1.807) is 6.20 Å². The zero-order valence-electron chi connectivity index (χ0n) is 12.0. The molecule has 0 aliphatic heterocycles. The topological polar surface area (TPSA) is 86.1 Å². The van der Waals surface area contributed by atoms with Crippen molar-refractivity contribution in [3.63, 3.8) is 0 Å². The molecule has 1 fully saturated rings. The first kappa shape index (κ1) is 14.3. The third-order valence-electron chi connectivity index (χ3n) is 3.65. The van der Waals surface area contributed by atoms with Gasteiger partial charge in [0.25, 0.3) is 0 Å². The Bertz CT molecular complexity index is 763. The molecule has 1 aromatic heterocycles. The summed E-state index contributed by atoms with van der Waals surface area (Å²) in [5, 5.41) is 20.8. The first-order valence-corrected chi connectivity index (χ1v) is 7.25. The lowest BCUT2D eigenvalue weighted by atomic mass is 10.0. The van der Waals surface area contributed by atoms with E-state index in [1.807, 2.05) is 36.4 Å². The fourth-order valence-electron chi connectivity index (χ4n) is 2.34. The highest BCUT2D eigenvalue weighted by molar-refractivity contribution is 6.23. The average Bonchev–Trinajstić information content (AvgIpc) is 3.35. The van der Waals surface area contributed by atoms with Crippen molar-refractivity contribution >= 4 is 28.2 Å². The van der Waals surface area contributed by atoms with Gasteiger partial charge in [0.05, 0.1) is 11.2 Å². The van der Waals surface area contributed by atoms with E-state index in [9.17, 15) is 4.79 Å². The van der Waals surface area contributed by atoms with Crippen LogP contribution in [0.1, 0.15) is 18.5 Å². The smallest absolute Gasteiger partial charge is 0.322 e. The zero-order chi connectivity index (χ0) is 15.5. The maximum Gasteiger partial charge on any atom is 0.322 e. The number of aliphatic carboxylic acids is 1. The van der Waals surface area contributed by atoms with Crippen LogP contribution in [-0.2, 0) is 4.79 Å². The van der Waals surface area contributed by atoms with Gasteiger partial charge in [0.15, 0.2) is 0 Å². The maximum atomic E-state index is 10.6. The van der Waals surface area contributed by atoms with Gasteiger partial charge in [-0.25, -0.2) is 4.98 Å². The molecule has 0 atom stereocenters. The van der Waals surface area contributed by atoms with E-state index in [4.69, 9.17) is 10.5 Å². The number of nitrogens with one attached hydrogen (secondary N) is 2. The monoisotopic (exact) mass is 295 g/mol. The van der Waals surface area contributed by atoms with Crippen molar-refractivity contribution in [2.75, 3.05) is 6.54 Å². The van der Waals surface area contributed by atoms with Crippen LogP contribution in [0.2, 0.25) is 0 Å². The van der Waals surface area contributed by atoms with Gasteiger partial charge in [0.1, 0.15) is 6.54 Å². The molecule has 5 heteroatoms. The summed E-state index contributed by atoms with van der Waals surface area (Å²) >= 11 is 0. The molecule has 0 amide bonds. The standard InChI is InChI=1S/C17H17N3O2/c18-17(12-5-6-12)13(9-19-10-16(21)22)15-8-7-11-3-1-2-4-14(11)20-15/h1-4,7-9,12,18-19H,5-6,10H2,(H,21,22)/b13-9-,18-17?. The third-order valence-corrected chi connectivity index (χ3v) is 3.65. The van der Waals surface area contributed by atoms with Crippen molar-refractivity contribution in [3.8, 4) is 0 Å². The summed E-state index contributed by atoms with van der Waals surface area (Å²) in [4.78, 5) is 15.3. The minimum Gasteiger partial charge on any atom is -0.480 e. The molecular formula is C17H17N3O2. The lowest BCUT2D eigenvalue weighted by Gasteiger charge is -2.10. The fourth-order valence-corrected chi connectivity index (χ4v) is 2.34. The average molecular weight is 295 g/mol. The molecule has 0 saturated heterocycles. The van der Waals surface area contributed by atoms with Crippen LogP contribution >= 0.6 is 0 Å². The summed E-state index contributed by atoms with van der Waals surface area (Å²) in [6.45, 7) is -0.172. The highest BCUT2D eigenvalue weighted by Crippen LogP contribution is 2.35. The number of allylic oxidation sites excluding steroid dienone is 1. The minimum absolute atomic E-state index is 0.172. The van der Waals surface area contributed by atoms with E-state index >= 15 is 0 Å². The molecule has 1 saturated carbocycles. The summed E-state index contributed by atoms with van der Waals surface area (Å²) < 4.78 is 0. The van der Waals surface area contributed by atoms with Crippen LogP contribution < -0.4 is 5.32 Å². The van der Waals surface area contributed by atoms with Gasteiger partial charge in [-0.1, -0.05) is 24.3 Å². The van der Waals surface area contributed by atoms with Gasteiger partial charge in [-0.2, -0.15) is 0 Å². The molecule has 0 spiro atoms. The van der Waals surface area contributed by atoms with E-state index in [0.717, 1.165) is 23.7 Å². The van der Waals surface area contributed by atoms with E-state index in [2.05, 4.69) is 10.3 Å². The summed E-state index contributed by atoms with van der Waals surface area (Å²) in [7, 11) is 0. The van der Waals surface area contributed by atoms with Crippen molar-refractivity contribution in [2.45, 2.75) is 12.8 Å². The molecule has 1 aliphatic carbocycles. The number of fused-ring (bicyclic) bond motifs is 1. The molecule has 22 heavy (non-hydrogen) atoms. The number of aromatic nitrogens is 1. The molecule has 0 radical (unpaired) electrons. The van der Waals surface area contributed by atoms with Gasteiger partial charge in [0, 0.05) is 28.8 Å². The second kappa shape index (κ2) is 5.97. The molecule has 1 aliphatic rings. The normalized spacial score (nSPS) is 14.8. The molecule has 2 aromatic rings. The number of rotatable bonds is 6. The predicted molar refractivity (Wildman–Crippen MR) is 85.8 cm³/mol. The van der Waals surface area contributed by atoms with Gasteiger partial charge >= 0.3 is 5.97 Å². The number of carboxylic acid groups (broad SMARTS) is 1. The number of hydrogen-bond donors (Lipinski definition) is 3. The molecule has 0 bridgehead atoms. The van der Waals surface area contributed by atoms with Crippen LogP contribution in [0.5, 0.6) is 0 Å². The number of benzene rings is 1. The summed E-state index contributed by atoms with van der Waals surface area (Å²) in [6, 6.07) is 11.7. The molecule has 3 N–H and O–H groups in total. The van der Waals surface area contributed by atoms with Crippen LogP contribution in [0.3, 0.4) is 0 Å². The van der Waals surface area contributed by atoms with E-state index < -0.39 is 5.97 Å².